The van der Waals surface area contributed by atoms with Crippen LogP contribution in [0.3, 0.4) is 0 Å². The molecular formula is C31H37F2N3O4S. The number of aryl methyl sites for hydroxylation is 1. The van der Waals surface area contributed by atoms with Gasteiger partial charge in [-0.15, -0.1) is 0 Å². The molecule has 0 fully saturated rings. The summed E-state index contributed by atoms with van der Waals surface area (Å²) in [6, 6.07) is 19.2. The smallest absolute Gasteiger partial charge is 0.243 e. The molecule has 0 bridgehead atoms. The molecule has 0 spiro atoms. The lowest BCUT2D eigenvalue weighted by molar-refractivity contribution is -0.141. The van der Waals surface area contributed by atoms with Crippen LogP contribution in [0.5, 0.6) is 0 Å². The van der Waals surface area contributed by atoms with E-state index in [1.54, 1.807) is 4.90 Å². The number of hydrogen-bond donors (Lipinski definition) is 1. The molecule has 10 heteroatoms. The molecule has 3 aromatic rings. The van der Waals surface area contributed by atoms with Crippen LogP contribution in [0.15, 0.2) is 72.8 Å². The maximum absolute atomic E-state index is 13.9. The number of halogens is 2. The summed E-state index contributed by atoms with van der Waals surface area (Å²) in [6.07, 6.45) is 2.05. The number of nitrogens with one attached hydrogen (secondary N) is 1. The fourth-order valence-electron chi connectivity index (χ4n) is 4.45. The summed E-state index contributed by atoms with van der Waals surface area (Å²) in [6.45, 7) is 4.44. The molecule has 1 N–H and O–H groups in total. The lowest BCUT2D eigenvalue weighted by Crippen LogP contribution is -2.50. The van der Waals surface area contributed by atoms with Crippen molar-refractivity contribution in [3.63, 3.8) is 0 Å². The maximum Gasteiger partial charge on any atom is 0.243 e. The molecule has 0 unspecified atom stereocenters. The van der Waals surface area contributed by atoms with Gasteiger partial charge in [0.25, 0.3) is 0 Å². The summed E-state index contributed by atoms with van der Waals surface area (Å²) in [5.41, 5.74) is 2.78. The average Bonchev–Trinajstić information content (AvgIpc) is 2.94. The summed E-state index contributed by atoms with van der Waals surface area (Å²) in [7, 11) is -3.84. The maximum atomic E-state index is 13.9. The number of anilines is 1. The predicted molar refractivity (Wildman–Crippen MR) is 157 cm³/mol. The molecule has 41 heavy (non-hydrogen) atoms. The van der Waals surface area contributed by atoms with Crippen molar-refractivity contribution < 1.29 is 26.8 Å². The van der Waals surface area contributed by atoms with Gasteiger partial charge in [-0.25, -0.2) is 17.2 Å². The highest BCUT2D eigenvalue weighted by molar-refractivity contribution is 7.92. The highest BCUT2D eigenvalue weighted by Crippen LogP contribution is 2.22. The predicted octanol–water partition coefficient (Wildman–Crippen LogP) is 4.99. The first-order chi connectivity index (χ1) is 19.5. The number of nitrogens with zero attached hydrogens (tertiary/aromatic N) is 2. The molecule has 0 aliphatic heterocycles. The Bertz CT molecular complexity index is 1420. The Morgan fingerprint density at radius 2 is 1.61 bits per heavy atom. The normalized spacial score (nSPS) is 12.0. The molecule has 0 aliphatic carbocycles. The number of sulfonamides is 1. The number of benzene rings is 3. The van der Waals surface area contributed by atoms with E-state index in [2.05, 4.69) is 5.32 Å². The van der Waals surface area contributed by atoms with Crippen LogP contribution in [0.4, 0.5) is 14.5 Å². The van der Waals surface area contributed by atoms with Gasteiger partial charge in [0.2, 0.25) is 21.8 Å². The highest BCUT2D eigenvalue weighted by atomic mass is 32.2. The number of carbonyl (C=O) groups excluding carboxylic acids is 2. The lowest BCUT2D eigenvalue weighted by Gasteiger charge is -2.32. The third-order valence-corrected chi connectivity index (χ3v) is 7.83. The van der Waals surface area contributed by atoms with Crippen LogP contribution in [0.25, 0.3) is 0 Å². The SMILES string of the molecule is CCCNC(=O)[C@@H](Cc1ccccc1)N(Cc1ccc(C)cc1)C(=O)CCCN(c1ccc(F)c(F)c1)S(C)(=O)=O. The van der Waals surface area contributed by atoms with Crippen LogP contribution >= 0.6 is 0 Å². The molecule has 1 atom stereocenters. The molecule has 220 valence electrons. The summed E-state index contributed by atoms with van der Waals surface area (Å²) in [4.78, 5) is 28.7. The summed E-state index contributed by atoms with van der Waals surface area (Å²) < 4.78 is 53.2. The van der Waals surface area contributed by atoms with Gasteiger partial charge in [0.1, 0.15) is 6.04 Å². The van der Waals surface area contributed by atoms with Gasteiger partial charge in [-0.05, 0) is 43.0 Å². The van der Waals surface area contributed by atoms with Crippen LogP contribution in [0, 0.1) is 18.6 Å². The summed E-state index contributed by atoms with van der Waals surface area (Å²) >= 11 is 0. The van der Waals surface area contributed by atoms with E-state index in [1.165, 1.54) is 6.07 Å². The Labute approximate surface area is 241 Å². The summed E-state index contributed by atoms with van der Waals surface area (Å²) in [5.74, 6) is -2.85. The molecule has 0 aromatic heterocycles. The first kappa shape index (κ1) is 31.7. The van der Waals surface area contributed by atoms with E-state index in [0.29, 0.717) is 13.0 Å². The Balaban J connectivity index is 1.87. The molecule has 0 saturated heterocycles. The largest absolute Gasteiger partial charge is 0.354 e. The zero-order valence-electron chi connectivity index (χ0n) is 23.6. The number of rotatable bonds is 14. The van der Waals surface area contributed by atoms with Gasteiger partial charge < -0.3 is 10.2 Å². The van der Waals surface area contributed by atoms with Gasteiger partial charge in [0.15, 0.2) is 11.6 Å². The molecule has 0 aliphatic rings. The molecular weight excluding hydrogens is 548 g/mol. The van der Waals surface area contributed by atoms with Gasteiger partial charge in [-0.3, -0.25) is 13.9 Å². The first-order valence-electron chi connectivity index (χ1n) is 13.6. The van der Waals surface area contributed by atoms with E-state index in [9.17, 15) is 26.8 Å². The van der Waals surface area contributed by atoms with Gasteiger partial charge in [-0.1, -0.05) is 67.1 Å². The quantitative estimate of drug-likeness (QED) is 0.289. The Hall–Kier alpha value is -3.79. The van der Waals surface area contributed by atoms with Gasteiger partial charge >= 0.3 is 0 Å². The van der Waals surface area contributed by atoms with Crippen LogP contribution in [-0.4, -0.2) is 50.5 Å². The molecule has 0 saturated carbocycles. The topological polar surface area (TPSA) is 86.8 Å². The van der Waals surface area contributed by atoms with Crippen molar-refractivity contribution in [2.75, 3.05) is 23.7 Å². The third-order valence-electron chi connectivity index (χ3n) is 6.64. The van der Waals surface area contributed by atoms with Crippen LogP contribution in [0.2, 0.25) is 0 Å². The minimum Gasteiger partial charge on any atom is -0.354 e. The Morgan fingerprint density at radius 1 is 0.927 bits per heavy atom. The van der Waals surface area contributed by atoms with Crippen LogP contribution in [0.1, 0.15) is 42.9 Å². The van der Waals surface area contributed by atoms with E-state index in [0.717, 1.165) is 45.8 Å². The minimum atomic E-state index is -3.84. The molecule has 2 amide bonds. The lowest BCUT2D eigenvalue weighted by atomic mass is 10.0. The van der Waals surface area contributed by atoms with E-state index >= 15 is 0 Å². The van der Waals surface area contributed by atoms with E-state index in [-0.39, 0.29) is 43.4 Å². The fraction of sp³-hybridized carbons (Fsp3) is 0.355. The van der Waals surface area contributed by atoms with Crippen LogP contribution in [-0.2, 0) is 32.6 Å². The van der Waals surface area contributed by atoms with Crippen molar-refractivity contribution in [2.45, 2.75) is 52.1 Å². The van der Waals surface area contributed by atoms with E-state index in [1.807, 2.05) is 68.4 Å². The Morgan fingerprint density at radius 3 is 2.22 bits per heavy atom. The van der Waals surface area contributed by atoms with Crippen molar-refractivity contribution in [3.05, 3.63) is 101 Å². The van der Waals surface area contributed by atoms with Crippen molar-refractivity contribution in [3.8, 4) is 0 Å². The van der Waals surface area contributed by atoms with Crippen LogP contribution < -0.4 is 9.62 Å². The van der Waals surface area contributed by atoms with Gasteiger partial charge in [0.05, 0.1) is 11.9 Å². The number of hydrogen-bond acceptors (Lipinski definition) is 4. The standard InChI is InChI=1S/C31H37F2N3O4S/c1-4-18-34-31(38)29(20-24-9-6-5-7-10-24)35(22-25-14-12-23(2)13-15-25)30(37)11-8-19-36(41(3,39)40)26-16-17-27(32)28(33)21-26/h5-7,9-10,12-17,21,29H,4,8,11,18-20,22H2,1-3H3,(H,34,38)/t29-/m1/s1. The third kappa shape index (κ3) is 9.38. The van der Waals surface area contributed by atoms with Crippen molar-refractivity contribution >= 4 is 27.5 Å². The zero-order valence-corrected chi connectivity index (χ0v) is 24.5. The van der Waals surface area contributed by atoms with Crippen molar-refractivity contribution in [1.29, 1.82) is 0 Å². The molecule has 7 nitrogen and oxygen atoms in total. The highest BCUT2D eigenvalue weighted by Gasteiger charge is 2.30. The molecule has 0 heterocycles. The second kappa shape index (κ2) is 14.7. The molecule has 0 radical (unpaired) electrons. The number of amides is 2. The Kier molecular flexibility index (Phi) is 11.4. The average molecular weight is 586 g/mol. The van der Waals surface area contributed by atoms with E-state index in [4.69, 9.17) is 0 Å². The van der Waals surface area contributed by atoms with Crippen molar-refractivity contribution in [1.82, 2.24) is 10.2 Å². The second-order valence-electron chi connectivity index (χ2n) is 10.0. The van der Waals surface area contributed by atoms with Gasteiger partial charge in [-0.2, -0.15) is 0 Å². The second-order valence-corrected chi connectivity index (χ2v) is 11.9. The van der Waals surface area contributed by atoms with Gasteiger partial charge in [0, 0.05) is 38.5 Å². The van der Waals surface area contributed by atoms with E-state index < -0.39 is 27.7 Å². The zero-order chi connectivity index (χ0) is 30.0. The summed E-state index contributed by atoms with van der Waals surface area (Å²) in [5, 5.41) is 2.92. The first-order valence-corrected chi connectivity index (χ1v) is 15.4. The molecule has 3 aromatic carbocycles. The monoisotopic (exact) mass is 585 g/mol. The number of carbonyl (C=O) groups is 2. The fourth-order valence-corrected chi connectivity index (χ4v) is 5.41. The molecule has 3 rings (SSSR count). The minimum absolute atomic E-state index is 0.0312. The van der Waals surface area contributed by atoms with Crippen molar-refractivity contribution in [2.24, 2.45) is 0 Å².